The SMILES string of the molecule is O=C(NC(=O)c1cccs1)OC[C@H]1CCCN2CCCC[C@H]12. The van der Waals surface area contributed by atoms with Gasteiger partial charge in [0.1, 0.15) is 0 Å². The van der Waals surface area contributed by atoms with Crippen molar-refractivity contribution >= 4 is 23.3 Å². The van der Waals surface area contributed by atoms with E-state index in [4.69, 9.17) is 4.74 Å². The largest absolute Gasteiger partial charge is 0.449 e. The number of hydrogen-bond acceptors (Lipinski definition) is 5. The number of imide groups is 1. The van der Waals surface area contributed by atoms with E-state index in [1.807, 2.05) is 0 Å². The van der Waals surface area contributed by atoms with E-state index in [0.717, 1.165) is 6.42 Å². The van der Waals surface area contributed by atoms with Crippen molar-refractivity contribution in [1.82, 2.24) is 10.2 Å². The number of nitrogens with zero attached hydrogens (tertiary/aromatic N) is 1. The summed E-state index contributed by atoms with van der Waals surface area (Å²) >= 11 is 1.31. The van der Waals surface area contributed by atoms with Crippen molar-refractivity contribution in [2.45, 2.75) is 38.1 Å². The van der Waals surface area contributed by atoms with Gasteiger partial charge in [-0.2, -0.15) is 0 Å². The van der Waals surface area contributed by atoms with Gasteiger partial charge in [-0.05, 0) is 50.2 Å². The van der Waals surface area contributed by atoms with Gasteiger partial charge >= 0.3 is 6.09 Å². The van der Waals surface area contributed by atoms with Gasteiger partial charge in [0.2, 0.25) is 0 Å². The lowest BCUT2D eigenvalue weighted by atomic mass is 9.84. The molecule has 0 radical (unpaired) electrons. The minimum atomic E-state index is -0.633. The Morgan fingerprint density at radius 2 is 2.14 bits per heavy atom. The topological polar surface area (TPSA) is 58.6 Å². The number of nitrogens with one attached hydrogen (secondary N) is 1. The van der Waals surface area contributed by atoms with Crippen molar-refractivity contribution in [3.05, 3.63) is 22.4 Å². The predicted octanol–water partition coefficient (Wildman–Crippen LogP) is 2.88. The third-order valence-corrected chi connectivity index (χ3v) is 5.49. The summed E-state index contributed by atoms with van der Waals surface area (Å²) in [7, 11) is 0. The highest BCUT2D eigenvalue weighted by atomic mass is 32.1. The molecule has 0 bridgehead atoms. The number of fused-ring (bicyclic) bond motifs is 1. The van der Waals surface area contributed by atoms with Gasteiger partial charge < -0.3 is 4.74 Å². The van der Waals surface area contributed by atoms with Crippen molar-refractivity contribution < 1.29 is 14.3 Å². The Balaban J connectivity index is 1.47. The summed E-state index contributed by atoms with van der Waals surface area (Å²) in [4.78, 5) is 26.6. The second-order valence-electron chi connectivity index (χ2n) is 6.03. The third-order valence-electron chi connectivity index (χ3n) is 4.62. The number of amides is 2. The molecule has 5 nitrogen and oxygen atoms in total. The molecular formula is C16H22N2O3S. The number of carbonyl (C=O) groups excluding carboxylic acids is 2. The Bertz CT molecular complexity index is 515. The molecule has 6 heteroatoms. The van der Waals surface area contributed by atoms with Crippen LogP contribution in [0.3, 0.4) is 0 Å². The molecule has 1 aromatic rings. The first kappa shape index (κ1) is 15.5. The van der Waals surface area contributed by atoms with Gasteiger partial charge in [-0.25, -0.2) is 4.79 Å². The summed E-state index contributed by atoms with van der Waals surface area (Å²) in [6.07, 6.45) is 5.38. The van der Waals surface area contributed by atoms with E-state index in [0.29, 0.717) is 23.4 Å². The van der Waals surface area contributed by atoms with E-state index in [1.165, 1.54) is 50.1 Å². The Kier molecular flexibility index (Phi) is 5.10. The first-order valence-electron chi connectivity index (χ1n) is 7.99. The summed E-state index contributed by atoms with van der Waals surface area (Å²) in [5.41, 5.74) is 0. The van der Waals surface area contributed by atoms with Crippen LogP contribution in [0, 0.1) is 5.92 Å². The maximum Gasteiger partial charge on any atom is 0.414 e. The molecule has 3 heterocycles. The van der Waals surface area contributed by atoms with Crippen LogP contribution in [0.2, 0.25) is 0 Å². The van der Waals surface area contributed by atoms with Gasteiger partial charge in [0.05, 0.1) is 11.5 Å². The minimum absolute atomic E-state index is 0.386. The van der Waals surface area contributed by atoms with Crippen molar-refractivity contribution in [3.63, 3.8) is 0 Å². The second kappa shape index (κ2) is 7.24. The zero-order valence-corrected chi connectivity index (χ0v) is 13.4. The number of thiophene rings is 1. The van der Waals surface area contributed by atoms with Crippen LogP contribution < -0.4 is 5.32 Å². The third kappa shape index (κ3) is 3.67. The first-order valence-corrected chi connectivity index (χ1v) is 8.87. The quantitative estimate of drug-likeness (QED) is 0.929. The smallest absolute Gasteiger partial charge is 0.414 e. The number of hydrogen-bond donors (Lipinski definition) is 1. The molecule has 22 heavy (non-hydrogen) atoms. The molecule has 0 saturated carbocycles. The molecule has 2 aliphatic rings. The van der Waals surface area contributed by atoms with Crippen molar-refractivity contribution in [2.75, 3.05) is 19.7 Å². The average Bonchev–Trinajstić information content (AvgIpc) is 3.07. The molecule has 2 saturated heterocycles. The average molecular weight is 322 g/mol. The van der Waals surface area contributed by atoms with E-state index in [-0.39, 0.29) is 5.91 Å². The second-order valence-corrected chi connectivity index (χ2v) is 6.98. The zero-order valence-electron chi connectivity index (χ0n) is 12.6. The fourth-order valence-electron chi connectivity index (χ4n) is 3.55. The van der Waals surface area contributed by atoms with Gasteiger partial charge in [-0.3, -0.25) is 15.0 Å². The summed E-state index contributed by atoms with van der Waals surface area (Å²) in [6, 6.07) is 4.02. The minimum Gasteiger partial charge on any atom is -0.449 e. The van der Waals surface area contributed by atoms with Gasteiger partial charge in [-0.15, -0.1) is 11.3 Å². The maximum atomic E-state index is 11.8. The first-order chi connectivity index (χ1) is 10.7. The standard InChI is InChI=1S/C16H22N2O3S/c19-15(14-7-4-10-22-14)17-16(20)21-11-12-5-3-9-18-8-2-1-6-13(12)18/h4,7,10,12-13H,1-3,5-6,8-9,11H2,(H,17,19,20)/t12-,13-/m1/s1. The molecular weight excluding hydrogens is 300 g/mol. The molecule has 2 aliphatic heterocycles. The molecule has 2 atom stereocenters. The molecule has 2 fully saturated rings. The Morgan fingerprint density at radius 3 is 2.95 bits per heavy atom. The summed E-state index contributed by atoms with van der Waals surface area (Å²) in [5.74, 6) is 0.0135. The Hall–Kier alpha value is -1.40. The highest BCUT2D eigenvalue weighted by Crippen LogP contribution is 2.30. The number of piperidine rings is 2. The van der Waals surface area contributed by atoms with E-state index in [1.54, 1.807) is 17.5 Å². The Labute approximate surface area is 134 Å². The van der Waals surface area contributed by atoms with Crippen LogP contribution in [0.15, 0.2) is 17.5 Å². The predicted molar refractivity (Wildman–Crippen MR) is 85.1 cm³/mol. The van der Waals surface area contributed by atoms with Gasteiger partial charge in [-0.1, -0.05) is 12.5 Å². The fourth-order valence-corrected chi connectivity index (χ4v) is 4.17. The molecule has 2 amide bonds. The molecule has 1 N–H and O–H groups in total. The molecule has 0 aromatic carbocycles. The van der Waals surface area contributed by atoms with E-state index in [2.05, 4.69) is 10.2 Å². The monoisotopic (exact) mass is 322 g/mol. The van der Waals surface area contributed by atoms with E-state index in [9.17, 15) is 9.59 Å². The Morgan fingerprint density at radius 1 is 1.27 bits per heavy atom. The van der Waals surface area contributed by atoms with Crippen molar-refractivity contribution in [1.29, 1.82) is 0 Å². The molecule has 0 aliphatic carbocycles. The molecule has 3 rings (SSSR count). The van der Waals surface area contributed by atoms with Crippen LogP contribution >= 0.6 is 11.3 Å². The number of alkyl carbamates (subject to hydrolysis) is 1. The molecule has 0 spiro atoms. The van der Waals surface area contributed by atoms with Crippen molar-refractivity contribution in [2.24, 2.45) is 5.92 Å². The number of ether oxygens (including phenoxy) is 1. The van der Waals surface area contributed by atoms with Crippen LogP contribution in [0.25, 0.3) is 0 Å². The fraction of sp³-hybridized carbons (Fsp3) is 0.625. The lowest BCUT2D eigenvalue weighted by molar-refractivity contribution is 0.0235. The van der Waals surface area contributed by atoms with Gasteiger partial charge in [0.25, 0.3) is 5.91 Å². The summed E-state index contributed by atoms with van der Waals surface area (Å²) in [6.45, 7) is 2.75. The lowest BCUT2D eigenvalue weighted by Gasteiger charge is -2.44. The molecule has 1 aromatic heterocycles. The summed E-state index contributed by atoms with van der Waals surface area (Å²) in [5, 5.41) is 4.10. The molecule has 120 valence electrons. The van der Waals surface area contributed by atoms with Crippen LogP contribution in [-0.2, 0) is 4.74 Å². The number of carbonyl (C=O) groups is 2. The highest BCUT2D eigenvalue weighted by Gasteiger charge is 2.33. The van der Waals surface area contributed by atoms with E-state index >= 15 is 0 Å². The van der Waals surface area contributed by atoms with E-state index < -0.39 is 6.09 Å². The zero-order chi connectivity index (χ0) is 15.4. The van der Waals surface area contributed by atoms with Crippen molar-refractivity contribution in [3.8, 4) is 0 Å². The normalized spacial score (nSPS) is 25.3. The number of rotatable bonds is 3. The maximum absolute atomic E-state index is 11.8. The lowest BCUT2D eigenvalue weighted by Crippen LogP contribution is -2.49. The molecule has 0 unspecified atom stereocenters. The highest BCUT2D eigenvalue weighted by molar-refractivity contribution is 7.12. The van der Waals surface area contributed by atoms with Crippen LogP contribution in [0.4, 0.5) is 4.79 Å². The van der Waals surface area contributed by atoms with Crippen LogP contribution in [-0.4, -0.2) is 42.6 Å². The van der Waals surface area contributed by atoms with Gasteiger partial charge in [0, 0.05) is 12.0 Å². The van der Waals surface area contributed by atoms with Crippen LogP contribution in [0.5, 0.6) is 0 Å². The van der Waals surface area contributed by atoms with Gasteiger partial charge in [0.15, 0.2) is 0 Å². The van der Waals surface area contributed by atoms with Crippen LogP contribution in [0.1, 0.15) is 41.8 Å². The summed E-state index contributed by atoms with van der Waals surface area (Å²) < 4.78 is 5.31.